The number of aromatic carboxylic acids is 1. The second-order valence-electron chi connectivity index (χ2n) is 6.73. The van der Waals surface area contributed by atoms with Crippen LogP contribution in [0.15, 0.2) is 60.8 Å². The Balaban J connectivity index is 2.01. The van der Waals surface area contributed by atoms with Crippen LogP contribution in [0, 0.1) is 12.7 Å². The quantitative estimate of drug-likeness (QED) is 0.378. The molecule has 0 fully saturated rings. The zero-order valence-corrected chi connectivity index (χ0v) is 17.1. The number of halogens is 3. The predicted octanol–water partition coefficient (Wildman–Crippen LogP) is 6.29. The molecule has 0 saturated carbocycles. The molecule has 0 aliphatic carbocycles. The monoisotopic (exact) mass is 441 g/mol. The van der Waals surface area contributed by atoms with Gasteiger partial charge in [-0.05, 0) is 48.9 Å². The van der Waals surface area contributed by atoms with Crippen molar-refractivity contribution in [3.8, 4) is 11.1 Å². The Morgan fingerprint density at radius 2 is 1.70 bits per heavy atom. The fourth-order valence-corrected chi connectivity index (χ4v) is 4.21. The molecule has 0 bridgehead atoms. The molecular formula is C23H14Cl2FNO3. The molecule has 0 atom stereocenters. The summed E-state index contributed by atoms with van der Waals surface area (Å²) in [5.74, 6) is -2.30. The van der Waals surface area contributed by atoms with Crippen LogP contribution in [0.5, 0.6) is 0 Å². The molecule has 0 aliphatic rings. The molecule has 2 aromatic heterocycles. The molecule has 0 amide bonds. The average molecular weight is 442 g/mol. The smallest absolute Gasteiger partial charge is 0.335 e. The minimum absolute atomic E-state index is 0.156. The summed E-state index contributed by atoms with van der Waals surface area (Å²) in [4.78, 5) is 24.6. The van der Waals surface area contributed by atoms with E-state index in [0.29, 0.717) is 22.3 Å². The van der Waals surface area contributed by atoms with Crippen LogP contribution in [-0.4, -0.2) is 21.3 Å². The van der Waals surface area contributed by atoms with Crippen molar-refractivity contribution in [3.05, 3.63) is 99.0 Å². The average Bonchev–Trinajstić information content (AvgIpc) is 2.99. The highest BCUT2D eigenvalue weighted by molar-refractivity contribution is 6.41. The number of pyridine rings is 1. The van der Waals surface area contributed by atoms with E-state index in [2.05, 4.69) is 0 Å². The number of hydrogen-bond donors (Lipinski definition) is 1. The molecule has 4 aromatic rings. The molecule has 7 heteroatoms. The fraction of sp³-hybridized carbons (Fsp3) is 0.0435. The van der Waals surface area contributed by atoms with E-state index in [4.69, 9.17) is 28.3 Å². The van der Waals surface area contributed by atoms with Crippen molar-refractivity contribution in [1.82, 2.24) is 4.40 Å². The number of carboxylic acids is 1. The summed E-state index contributed by atoms with van der Waals surface area (Å²) >= 11 is 12.5. The molecule has 4 rings (SSSR count). The molecule has 0 saturated heterocycles. The number of hydrogen-bond acceptors (Lipinski definition) is 2. The number of carboxylic acid groups (broad SMARTS) is 1. The second-order valence-corrected chi connectivity index (χ2v) is 7.54. The summed E-state index contributed by atoms with van der Waals surface area (Å²) in [6.07, 6.45) is 1.70. The number of carbonyl (C=O) groups is 2. The number of carbonyl (C=O) groups excluding carboxylic acids is 1. The Hall–Kier alpha value is -3.15. The van der Waals surface area contributed by atoms with Gasteiger partial charge in [0.15, 0.2) is 0 Å². The summed E-state index contributed by atoms with van der Waals surface area (Å²) in [7, 11) is 0. The van der Waals surface area contributed by atoms with Crippen molar-refractivity contribution in [3.63, 3.8) is 0 Å². The van der Waals surface area contributed by atoms with Crippen LogP contribution in [0.2, 0.25) is 10.0 Å². The zero-order valence-electron chi connectivity index (χ0n) is 15.6. The number of benzene rings is 2. The summed E-state index contributed by atoms with van der Waals surface area (Å²) in [6.45, 7) is 1.71. The van der Waals surface area contributed by atoms with E-state index in [9.17, 15) is 14.0 Å². The lowest BCUT2D eigenvalue weighted by Crippen LogP contribution is -2.08. The first kappa shape index (κ1) is 20.1. The van der Waals surface area contributed by atoms with Gasteiger partial charge in [-0.1, -0.05) is 41.4 Å². The van der Waals surface area contributed by atoms with E-state index in [-0.39, 0.29) is 26.7 Å². The van der Waals surface area contributed by atoms with Crippen LogP contribution >= 0.6 is 23.2 Å². The topological polar surface area (TPSA) is 58.8 Å². The van der Waals surface area contributed by atoms with Crippen molar-refractivity contribution in [2.75, 3.05) is 0 Å². The fourth-order valence-electron chi connectivity index (χ4n) is 3.64. The van der Waals surface area contributed by atoms with E-state index in [1.807, 2.05) is 0 Å². The largest absolute Gasteiger partial charge is 0.478 e. The van der Waals surface area contributed by atoms with Crippen molar-refractivity contribution in [1.29, 1.82) is 0 Å². The van der Waals surface area contributed by atoms with Crippen LogP contribution in [0.3, 0.4) is 0 Å². The van der Waals surface area contributed by atoms with Crippen molar-refractivity contribution < 1.29 is 19.1 Å². The lowest BCUT2D eigenvalue weighted by molar-refractivity contribution is 0.0696. The van der Waals surface area contributed by atoms with Gasteiger partial charge >= 0.3 is 5.97 Å². The van der Waals surface area contributed by atoms with Gasteiger partial charge in [0.2, 0.25) is 5.78 Å². The Kier molecular flexibility index (Phi) is 5.10. The number of nitrogens with zero attached hydrogens (tertiary/aromatic N) is 1. The van der Waals surface area contributed by atoms with E-state index in [0.717, 1.165) is 6.07 Å². The van der Waals surface area contributed by atoms with E-state index in [1.54, 1.807) is 53.9 Å². The Labute approximate surface area is 181 Å². The molecule has 0 spiro atoms. The van der Waals surface area contributed by atoms with Crippen LogP contribution < -0.4 is 0 Å². The third kappa shape index (κ3) is 3.16. The number of fused-ring (bicyclic) bond motifs is 1. The first-order valence-corrected chi connectivity index (χ1v) is 9.68. The number of rotatable bonds is 4. The van der Waals surface area contributed by atoms with Crippen molar-refractivity contribution in [2.45, 2.75) is 6.92 Å². The molecular weight excluding hydrogens is 428 g/mol. The van der Waals surface area contributed by atoms with Crippen LogP contribution in [0.1, 0.15) is 32.0 Å². The summed E-state index contributed by atoms with van der Waals surface area (Å²) in [5.41, 5.74) is 2.14. The van der Waals surface area contributed by atoms with E-state index >= 15 is 0 Å². The Morgan fingerprint density at radius 3 is 2.33 bits per heavy atom. The maximum atomic E-state index is 14.9. The van der Waals surface area contributed by atoms with Gasteiger partial charge < -0.3 is 9.51 Å². The number of ketones is 1. The van der Waals surface area contributed by atoms with Gasteiger partial charge in [0.1, 0.15) is 5.82 Å². The lowest BCUT2D eigenvalue weighted by Gasteiger charge is -2.08. The highest BCUT2D eigenvalue weighted by atomic mass is 35.5. The highest BCUT2D eigenvalue weighted by Gasteiger charge is 2.26. The normalized spacial score (nSPS) is 11.1. The third-order valence-corrected chi connectivity index (χ3v) is 5.61. The van der Waals surface area contributed by atoms with Gasteiger partial charge in [-0.3, -0.25) is 4.79 Å². The Morgan fingerprint density at radius 1 is 1.00 bits per heavy atom. The Bertz CT molecular complexity index is 1320. The van der Waals surface area contributed by atoms with Gasteiger partial charge in [0.05, 0.1) is 32.4 Å². The van der Waals surface area contributed by atoms with Gasteiger partial charge in [-0.2, -0.15) is 0 Å². The minimum atomic E-state index is -1.22. The molecule has 0 unspecified atom stereocenters. The van der Waals surface area contributed by atoms with E-state index in [1.165, 1.54) is 12.1 Å². The predicted molar refractivity (Wildman–Crippen MR) is 114 cm³/mol. The van der Waals surface area contributed by atoms with Crippen LogP contribution in [-0.2, 0) is 0 Å². The maximum Gasteiger partial charge on any atom is 0.335 e. The molecule has 2 heterocycles. The maximum absolute atomic E-state index is 14.9. The van der Waals surface area contributed by atoms with Crippen molar-refractivity contribution in [2.24, 2.45) is 0 Å². The number of aromatic nitrogens is 1. The summed E-state index contributed by atoms with van der Waals surface area (Å²) in [6, 6.07) is 13.8. The van der Waals surface area contributed by atoms with Gasteiger partial charge in [-0.15, -0.1) is 0 Å². The molecule has 30 heavy (non-hydrogen) atoms. The summed E-state index contributed by atoms with van der Waals surface area (Å²) in [5, 5.41) is 9.55. The SMILES string of the molecule is Cc1c(-c2ccc(C(=O)O)cc2F)c2ccccn2c1C(=O)c1c(Cl)cccc1Cl. The minimum Gasteiger partial charge on any atom is -0.478 e. The first-order chi connectivity index (χ1) is 14.3. The molecule has 0 aliphatic heterocycles. The second kappa shape index (κ2) is 7.59. The van der Waals surface area contributed by atoms with E-state index < -0.39 is 17.6 Å². The van der Waals surface area contributed by atoms with Crippen molar-refractivity contribution >= 4 is 40.5 Å². The molecule has 2 aromatic carbocycles. The molecule has 150 valence electrons. The molecule has 4 nitrogen and oxygen atoms in total. The molecule has 1 N–H and O–H groups in total. The van der Waals surface area contributed by atoms with Gasteiger partial charge in [-0.25, -0.2) is 9.18 Å². The lowest BCUT2D eigenvalue weighted by atomic mass is 9.97. The van der Waals surface area contributed by atoms with Crippen LogP contribution in [0.4, 0.5) is 4.39 Å². The highest BCUT2D eigenvalue weighted by Crippen LogP contribution is 2.37. The third-order valence-electron chi connectivity index (χ3n) is 4.98. The van der Waals surface area contributed by atoms with Gasteiger partial charge in [0, 0.05) is 17.3 Å². The van der Waals surface area contributed by atoms with Gasteiger partial charge in [0.25, 0.3) is 0 Å². The molecule has 0 radical (unpaired) electrons. The summed E-state index contributed by atoms with van der Waals surface area (Å²) < 4.78 is 16.5. The zero-order chi connectivity index (χ0) is 21.6. The first-order valence-electron chi connectivity index (χ1n) is 8.92. The van der Waals surface area contributed by atoms with Crippen LogP contribution in [0.25, 0.3) is 16.6 Å². The standard InChI is InChI=1S/C23H14Cl2FNO3/c1-12-19(14-9-8-13(23(29)30)11-17(14)26)18-7-2-3-10-27(18)21(12)22(28)20-15(24)5-4-6-16(20)25/h2-11H,1H3,(H,29,30).